The minimum atomic E-state index is -0.328. The number of H-pyrrole nitrogens is 1. The number of thiol groups is 1. The van der Waals surface area contributed by atoms with Crippen LogP contribution in [0, 0.1) is 57.2 Å². The van der Waals surface area contributed by atoms with Crippen LogP contribution in [0.15, 0.2) is 42.0 Å². The molecule has 0 amide bonds. The molecule has 3 fully saturated rings. The third-order valence-electron chi connectivity index (χ3n) is 14.6. The summed E-state index contributed by atoms with van der Waals surface area (Å²) in [4.78, 5) is 3.51. The molecule has 2 heterocycles. The number of aromatic amines is 1. The number of aromatic nitrogens is 3. The zero-order valence-corrected chi connectivity index (χ0v) is 32.3. The predicted molar refractivity (Wildman–Crippen MR) is 197 cm³/mol. The van der Waals surface area contributed by atoms with E-state index in [1.54, 1.807) is 11.6 Å². The first-order valence-corrected chi connectivity index (χ1v) is 19.0. The van der Waals surface area contributed by atoms with Crippen LogP contribution in [-0.4, -0.2) is 43.8 Å². The molecule has 0 radical (unpaired) electrons. The van der Waals surface area contributed by atoms with Crippen molar-refractivity contribution in [1.82, 2.24) is 15.2 Å². The minimum absolute atomic E-state index is 0.0197. The van der Waals surface area contributed by atoms with Gasteiger partial charge in [0.25, 0.3) is 0 Å². The zero-order chi connectivity index (χ0) is 35.3. The number of rotatable bonds is 8. The Morgan fingerprint density at radius 3 is 2.52 bits per heavy atom. The summed E-state index contributed by atoms with van der Waals surface area (Å²) in [6.07, 6.45) is 20.3. The van der Waals surface area contributed by atoms with Gasteiger partial charge in [0.1, 0.15) is 18.0 Å². The summed E-state index contributed by atoms with van der Waals surface area (Å²) in [6.45, 7) is 24.0. The number of nitrogens with one attached hydrogen (secondary N) is 1. The Labute approximate surface area is 296 Å². The molecule has 1 aliphatic heterocycles. The Morgan fingerprint density at radius 1 is 1.23 bits per heavy atom. The van der Waals surface area contributed by atoms with Crippen LogP contribution in [0.5, 0.6) is 0 Å². The maximum absolute atomic E-state index is 8.04. The lowest BCUT2D eigenvalue weighted by atomic mass is 9.39. The average Bonchev–Trinajstić information content (AvgIpc) is 3.58. The smallest absolute Gasteiger partial charge is 0.228 e. The van der Waals surface area contributed by atoms with Gasteiger partial charge in [-0.2, -0.15) is 23.0 Å². The van der Waals surface area contributed by atoms with E-state index in [0.717, 1.165) is 25.7 Å². The van der Waals surface area contributed by atoms with Gasteiger partial charge in [0.2, 0.25) is 5.82 Å². The second-order valence-corrected chi connectivity index (χ2v) is 18.2. The summed E-state index contributed by atoms with van der Waals surface area (Å²) in [5.41, 5.74) is 9.93. The van der Waals surface area contributed by atoms with Crippen LogP contribution in [-0.2, 0) is 9.47 Å². The first kappa shape index (κ1) is 37.2. The molecule has 1 aromatic heterocycles. The molecule has 3 N–H and O–H groups in total. The Bertz CT molecular complexity index is 1440. The highest BCUT2D eigenvalue weighted by atomic mass is 32.1. The molecule has 48 heavy (non-hydrogen) atoms. The lowest BCUT2D eigenvalue weighted by Crippen LogP contribution is -2.64. The molecule has 1 spiro atoms. The number of hydrogen-bond donors (Lipinski definition) is 3. The van der Waals surface area contributed by atoms with Gasteiger partial charge in [0.15, 0.2) is 0 Å². The van der Waals surface area contributed by atoms with Crippen molar-refractivity contribution in [2.75, 3.05) is 6.61 Å². The molecule has 8 heteroatoms. The molecule has 3 saturated carbocycles. The van der Waals surface area contributed by atoms with Gasteiger partial charge in [-0.25, -0.2) is 4.98 Å². The Hall–Kier alpha value is -2.08. The van der Waals surface area contributed by atoms with E-state index in [1.165, 1.54) is 37.6 Å². The number of nitrogens with zero attached hydrogens (tertiary/aromatic N) is 3. The molecular formula is C40H63N5O2S. The number of allylic oxidation sites excluding steroid dienone is 3. The van der Waals surface area contributed by atoms with E-state index in [9.17, 15) is 0 Å². The van der Waals surface area contributed by atoms with E-state index in [1.807, 2.05) is 0 Å². The van der Waals surface area contributed by atoms with E-state index >= 15 is 0 Å². The van der Waals surface area contributed by atoms with Crippen molar-refractivity contribution < 1.29 is 9.47 Å². The Balaban J connectivity index is 0.000000572. The lowest BCUT2D eigenvalue weighted by Gasteiger charge is -2.68. The molecule has 0 saturated heterocycles. The SMILES string of the molecule is C/C=C1/C[C@@](C)(C2CCC3C(=CC[C@]45C=CO[C@]([C@H](C)C(C)C)(CCC34C)C5)C2(S)CC)C1OC[C@](C)(N)C(C)C.N#Cc1ncn[nH]1. The summed E-state index contributed by atoms with van der Waals surface area (Å²) in [6, 6.07) is 1.78. The molecule has 2 bridgehead atoms. The number of hydrogen-bond acceptors (Lipinski definition) is 7. The van der Waals surface area contributed by atoms with Crippen molar-refractivity contribution in [1.29, 1.82) is 5.26 Å². The van der Waals surface area contributed by atoms with Gasteiger partial charge in [-0.05, 0) is 112 Å². The van der Waals surface area contributed by atoms with E-state index < -0.39 is 0 Å². The van der Waals surface area contributed by atoms with E-state index in [4.69, 9.17) is 33.1 Å². The van der Waals surface area contributed by atoms with Crippen LogP contribution in [0.25, 0.3) is 0 Å². The second kappa shape index (κ2) is 13.2. The highest BCUT2D eigenvalue weighted by Crippen LogP contribution is 2.72. The monoisotopic (exact) mass is 677 g/mol. The first-order valence-electron chi connectivity index (χ1n) is 18.6. The summed E-state index contributed by atoms with van der Waals surface area (Å²) in [7, 11) is 0. The lowest BCUT2D eigenvalue weighted by molar-refractivity contribution is -0.174. The van der Waals surface area contributed by atoms with Gasteiger partial charge in [-0.3, -0.25) is 5.10 Å². The van der Waals surface area contributed by atoms with Gasteiger partial charge in [0, 0.05) is 21.1 Å². The van der Waals surface area contributed by atoms with Crippen molar-refractivity contribution in [2.45, 2.75) is 143 Å². The van der Waals surface area contributed by atoms with Crippen LogP contribution < -0.4 is 5.73 Å². The fourth-order valence-electron chi connectivity index (χ4n) is 10.5. The Kier molecular flexibility index (Phi) is 10.3. The topological polar surface area (TPSA) is 110 Å². The maximum atomic E-state index is 8.04. The largest absolute Gasteiger partial charge is 0.495 e. The van der Waals surface area contributed by atoms with Crippen LogP contribution in [0.1, 0.15) is 126 Å². The molecule has 5 aliphatic rings. The fourth-order valence-corrected chi connectivity index (χ4v) is 11.2. The molecule has 266 valence electrons. The second-order valence-electron chi connectivity index (χ2n) is 17.4. The number of fused-ring (bicyclic) bond motifs is 3. The van der Waals surface area contributed by atoms with Gasteiger partial charge in [-0.1, -0.05) is 73.1 Å². The van der Waals surface area contributed by atoms with Crippen LogP contribution in [0.2, 0.25) is 0 Å². The van der Waals surface area contributed by atoms with E-state index in [0.29, 0.717) is 36.2 Å². The fraction of sp³-hybridized carbons (Fsp3) is 0.775. The zero-order valence-electron chi connectivity index (χ0n) is 31.4. The van der Waals surface area contributed by atoms with Gasteiger partial charge < -0.3 is 15.2 Å². The average molecular weight is 678 g/mol. The van der Waals surface area contributed by atoms with Crippen molar-refractivity contribution in [3.05, 3.63) is 47.8 Å². The van der Waals surface area contributed by atoms with Crippen molar-refractivity contribution in [3.63, 3.8) is 0 Å². The summed E-state index contributed by atoms with van der Waals surface area (Å²) < 4.78 is 13.3. The molecule has 7 nitrogen and oxygen atoms in total. The number of ether oxygens (including phenoxy) is 2. The van der Waals surface area contributed by atoms with Crippen molar-refractivity contribution in [3.8, 4) is 6.07 Å². The molecule has 10 atom stereocenters. The summed E-state index contributed by atoms with van der Waals surface area (Å²) in [5, 5.41) is 13.8. The quantitative estimate of drug-likeness (QED) is 0.187. The van der Waals surface area contributed by atoms with Crippen molar-refractivity contribution >= 4 is 12.6 Å². The maximum Gasteiger partial charge on any atom is 0.228 e. The van der Waals surface area contributed by atoms with Crippen LogP contribution >= 0.6 is 12.6 Å². The van der Waals surface area contributed by atoms with E-state index in [-0.39, 0.29) is 44.1 Å². The molecule has 0 aromatic carbocycles. The van der Waals surface area contributed by atoms with Gasteiger partial charge in [-0.15, -0.1) is 0 Å². The molecular weight excluding hydrogens is 615 g/mol. The molecule has 5 unspecified atom stereocenters. The van der Waals surface area contributed by atoms with Crippen molar-refractivity contribution in [2.24, 2.45) is 51.6 Å². The highest BCUT2D eigenvalue weighted by molar-refractivity contribution is 7.82. The molecule has 4 aliphatic carbocycles. The number of nitrogens with two attached hydrogens (primary N) is 1. The summed E-state index contributed by atoms with van der Waals surface area (Å²) >= 11 is 5.75. The van der Waals surface area contributed by atoms with Crippen LogP contribution in [0.4, 0.5) is 0 Å². The van der Waals surface area contributed by atoms with Gasteiger partial charge in [0.05, 0.1) is 19.0 Å². The third-order valence-corrected chi connectivity index (χ3v) is 15.5. The Morgan fingerprint density at radius 2 is 1.96 bits per heavy atom. The third kappa shape index (κ3) is 5.82. The first-order chi connectivity index (χ1) is 22.5. The predicted octanol–water partition coefficient (Wildman–Crippen LogP) is 8.96. The van der Waals surface area contributed by atoms with Crippen LogP contribution in [0.3, 0.4) is 0 Å². The highest BCUT2D eigenvalue weighted by Gasteiger charge is 2.67. The molecule has 6 rings (SSSR count). The standard InChI is InChI=1S/C37H61NO2S.C3H2N4/c1-11-27-21-32(8,31(27)39-23-34(10,38)25(5)6)30-14-13-28-29(37(30,41)12-2)15-16-35-19-20-40-36(22-35,26(7)24(3)4)18-17-33(28,35)9;4-1-3-5-2-6-7-3/h11,15,19-20,24-26,28,30-31,41H,12-14,16-18,21-23,38H2,1-10H3;2H,(H,5,6,7)/b27-11-;/t26-,28?,30?,31?,32+,33?,34+,35-,36-,37?;/m1./s1. The summed E-state index contributed by atoms with van der Waals surface area (Å²) in [5.74, 6) is 2.86. The normalized spacial score (nSPS) is 41.1. The minimum Gasteiger partial charge on any atom is -0.495 e. The van der Waals surface area contributed by atoms with E-state index in [2.05, 4.69) is 109 Å². The van der Waals surface area contributed by atoms with Gasteiger partial charge >= 0.3 is 0 Å². The number of nitriles is 1. The molecule has 1 aromatic rings.